The van der Waals surface area contributed by atoms with Gasteiger partial charge in [0.1, 0.15) is 0 Å². The maximum Gasteiger partial charge on any atom is 0.417 e. The Hall–Kier alpha value is -2.57. The number of anilines is 1. The number of alkyl halides is 3. The van der Waals surface area contributed by atoms with E-state index in [1.165, 1.54) is 18.2 Å². The predicted molar refractivity (Wildman–Crippen MR) is 93.0 cm³/mol. The topological polar surface area (TPSA) is 45.2 Å². The molecule has 3 rings (SSSR count). The van der Waals surface area contributed by atoms with Gasteiger partial charge >= 0.3 is 6.18 Å². The fourth-order valence-corrected chi connectivity index (χ4v) is 3.20. The van der Waals surface area contributed by atoms with E-state index in [-0.39, 0.29) is 11.5 Å². The van der Waals surface area contributed by atoms with Gasteiger partial charge in [-0.3, -0.25) is 9.78 Å². The number of carbonyl (C=O) groups excluding carboxylic acids is 1. The summed E-state index contributed by atoms with van der Waals surface area (Å²) in [6.07, 6.45) is 0.746. The zero-order valence-corrected chi connectivity index (χ0v) is 14.2. The number of aromatic nitrogens is 1. The van der Waals surface area contributed by atoms with E-state index in [1.54, 1.807) is 6.20 Å². The molecule has 0 atom stereocenters. The van der Waals surface area contributed by atoms with Crippen LogP contribution < -0.4 is 10.2 Å². The van der Waals surface area contributed by atoms with E-state index in [2.05, 4.69) is 15.2 Å². The van der Waals surface area contributed by atoms with Gasteiger partial charge in [-0.05, 0) is 43.0 Å². The SMILES string of the molecule is O=C(NCC1CCN(c2cccnc2)CC1)c1ccccc1C(F)(F)F. The third kappa shape index (κ3) is 4.33. The first kappa shape index (κ1) is 18.2. The Morgan fingerprint density at radius 1 is 1.15 bits per heavy atom. The number of piperidine rings is 1. The molecule has 1 saturated heterocycles. The Morgan fingerprint density at radius 2 is 1.88 bits per heavy atom. The molecule has 138 valence electrons. The van der Waals surface area contributed by atoms with Gasteiger partial charge in [0.05, 0.1) is 23.0 Å². The second-order valence-corrected chi connectivity index (χ2v) is 6.40. The first-order valence-electron chi connectivity index (χ1n) is 8.54. The Morgan fingerprint density at radius 3 is 2.54 bits per heavy atom. The molecule has 4 nitrogen and oxygen atoms in total. The maximum absolute atomic E-state index is 13.0. The number of carbonyl (C=O) groups is 1. The molecule has 0 spiro atoms. The van der Waals surface area contributed by atoms with Crippen molar-refractivity contribution in [3.63, 3.8) is 0 Å². The summed E-state index contributed by atoms with van der Waals surface area (Å²) < 4.78 is 39.1. The van der Waals surface area contributed by atoms with Crippen LogP contribution in [-0.2, 0) is 6.18 Å². The highest BCUT2D eigenvalue weighted by Crippen LogP contribution is 2.31. The van der Waals surface area contributed by atoms with Crippen LogP contribution in [0.15, 0.2) is 48.8 Å². The van der Waals surface area contributed by atoms with Crippen molar-refractivity contribution < 1.29 is 18.0 Å². The van der Waals surface area contributed by atoms with Gasteiger partial charge in [-0.2, -0.15) is 13.2 Å². The lowest BCUT2D eigenvalue weighted by Crippen LogP contribution is -2.39. The molecule has 0 aliphatic carbocycles. The zero-order chi connectivity index (χ0) is 18.6. The summed E-state index contributed by atoms with van der Waals surface area (Å²) in [5.41, 5.74) is -0.161. The highest BCUT2D eigenvalue weighted by molar-refractivity contribution is 5.95. The van der Waals surface area contributed by atoms with E-state index in [9.17, 15) is 18.0 Å². The van der Waals surface area contributed by atoms with E-state index >= 15 is 0 Å². The zero-order valence-electron chi connectivity index (χ0n) is 14.2. The summed E-state index contributed by atoms with van der Waals surface area (Å²) in [6.45, 7) is 2.06. The van der Waals surface area contributed by atoms with Crippen molar-refractivity contribution >= 4 is 11.6 Å². The minimum absolute atomic E-state index is 0.255. The van der Waals surface area contributed by atoms with Crippen molar-refractivity contribution in [1.29, 1.82) is 0 Å². The van der Waals surface area contributed by atoms with E-state index in [0.717, 1.165) is 37.7 Å². The monoisotopic (exact) mass is 363 g/mol. The highest BCUT2D eigenvalue weighted by atomic mass is 19.4. The minimum atomic E-state index is -4.54. The van der Waals surface area contributed by atoms with Crippen LogP contribution in [0.25, 0.3) is 0 Å². The molecule has 1 aliphatic rings. The number of amides is 1. The predicted octanol–water partition coefficient (Wildman–Crippen LogP) is 3.75. The Kier molecular flexibility index (Phi) is 5.44. The molecule has 0 radical (unpaired) electrons. The van der Waals surface area contributed by atoms with Crippen LogP contribution in [0.1, 0.15) is 28.8 Å². The van der Waals surface area contributed by atoms with Gasteiger partial charge in [-0.25, -0.2) is 0 Å². The Balaban J connectivity index is 1.54. The average molecular weight is 363 g/mol. The molecular formula is C19H20F3N3O. The molecule has 0 unspecified atom stereocenters. The third-order valence-electron chi connectivity index (χ3n) is 4.65. The normalized spacial score (nSPS) is 15.7. The first-order valence-corrected chi connectivity index (χ1v) is 8.54. The van der Waals surface area contributed by atoms with Crippen molar-refractivity contribution in [2.75, 3.05) is 24.5 Å². The van der Waals surface area contributed by atoms with Crippen LogP contribution in [0.4, 0.5) is 18.9 Å². The number of nitrogens with zero attached hydrogens (tertiary/aromatic N) is 2. The van der Waals surface area contributed by atoms with Crippen LogP contribution in [0.5, 0.6) is 0 Å². The summed E-state index contributed by atoms with van der Waals surface area (Å²) in [4.78, 5) is 18.5. The van der Waals surface area contributed by atoms with Crippen molar-refractivity contribution in [3.8, 4) is 0 Å². The van der Waals surface area contributed by atoms with Crippen LogP contribution in [0.2, 0.25) is 0 Å². The minimum Gasteiger partial charge on any atom is -0.370 e. The van der Waals surface area contributed by atoms with E-state index in [4.69, 9.17) is 0 Å². The maximum atomic E-state index is 13.0. The van der Waals surface area contributed by atoms with Gasteiger partial charge in [0.2, 0.25) is 0 Å². The third-order valence-corrected chi connectivity index (χ3v) is 4.65. The molecule has 1 amide bonds. The van der Waals surface area contributed by atoms with Crippen LogP contribution in [0, 0.1) is 5.92 Å². The van der Waals surface area contributed by atoms with Crippen LogP contribution in [-0.4, -0.2) is 30.5 Å². The average Bonchev–Trinajstić information content (AvgIpc) is 2.66. The largest absolute Gasteiger partial charge is 0.417 e. The lowest BCUT2D eigenvalue weighted by molar-refractivity contribution is -0.137. The second-order valence-electron chi connectivity index (χ2n) is 6.40. The van der Waals surface area contributed by atoms with Gasteiger partial charge < -0.3 is 10.2 Å². The molecule has 7 heteroatoms. The standard InChI is InChI=1S/C19H20F3N3O/c20-19(21,22)17-6-2-1-5-16(17)18(26)24-12-14-7-10-25(11-8-14)15-4-3-9-23-13-15/h1-6,9,13-14H,7-8,10-12H2,(H,24,26). The number of benzene rings is 1. The van der Waals surface area contributed by atoms with Gasteiger partial charge in [-0.1, -0.05) is 12.1 Å². The summed E-state index contributed by atoms with van der Waals surface area (Å²) in [7, 11) is 0. The number of halogens is 3. The van der Waals surface area contributed by atoms with Crippen molar-refractivity contribution in [1.82, 2.24) is 10.3 Å². The van der Waals surface area contributed by atoms with Crippen molar-refractivity contribution in [3.05, 3.63) is 59.9 Å². The molecular weight excluding hydrogens is 343 g/mol. The highest BCUT2D eigenvalue weighted by Gasteiger charge is 2.34. The molecule has 1 N–H and O–H groups in total. The number of rotatable bonds is 4. The van der Waals surface area contributed by atoms with E-state index < -0.39 is 17.6 Å². The summed E-state index contributed by atoms with van der Waals surface area (Å²) >= 11 is 0. The molecule has 2 aromatic rings. The molecule has 26 heavy (non-hydrogen) atoms. The van der Waals surface area contributed by atoms with Crippen LogP contribution in [0.3, 0.4) is 0 Å². The summed E-state index contributed by atoms with van der Waals surface area (Å²) in [6, 6.07) is 8.76. The lowest BCUT2D eigenvalue weighted by Gasteiger charge is -2.33. The molecule has 0 bridgehead atoms. The first-order chi connectivity index (χ1) is 12.4. The van der Waals surface area contributed by atoms with Gasteiger partial charge in [0.15, 0.2) is 0 Å². The number of nitrogens with one attached hydrogen (secondary N) is 1. The fraction of sp³-hybridized carbons (Fsp3) is 0.368. The molecule has 1 aliphatic heterocycles. The quantitative estimate of drug-likeness (QED) is 0.900. The summed E-state index contributed by atoms with van der Waals surface area (Å²) in [5, 5.41) is 2.67. The second kappa shape index (κ2) is 7.76. The molecule has 1 aromatic carbocycles. The van der Waals surface area contributed by atoms with Gasteiger partial charge in [0.25, 0.3) is 5.91 Å². The number of hydrogen-bond acceptors (Lipinski definition) is 3. The molecule has 1 aromatic heterocycles. The van der Waals surface area contributed by atoms with Crippen molar-refractivity contribution in [2.24, 2.45) is 5.92 Å². The molecule has 2 heterocycles. The number of pyridine rings is 1. The van der Waals surface area contributed by atoms with Gasteiger partial charge in [0, 0.05) is 25.8 Å². The molecule has 1 fully saturated rings. The Labute approximate surface area is 150 Å². The van der Waals surface area contributed by atoms with Crippen LogP contribution >= 0.6 is 0 Å². The summed E-state index contributed by atoms with van der Waals surface area (Å²) in [5.74, 6) is -0.419. The smallest absolute Gasteiger partial charge is 0.370 e. The molecule has 0 saturated carbocycles. The number of hydrogen-bond donors (Lipinski definition) is 1. The van der Waals surface area contributed by atoms with Crippen molar-refractivity contribution in [2.45, 2.75) is 19.0 Å². The lowest BCUT2D eigenvalue weighted by atomic mass is 9.96. The van der Waals surface area contributed by atoms with E-state index in [0.29, 0.717) is 6.54 Å². The Bertz CT molecular complexity index is 741. The van der Waals surface area contributed by atoms with E-state index in [1.807, 2.05) is 18.3 Å². The fourth-order valence-electron chi connectivity index (χ4n) is 3.20. The van der Waals surface area contributed by atoms with Gasteiger partial charge in [-0.15, -0.1) is 0 Å².